The zero-order valence-electron chi connectivity index (χ0n) is 9.98. The number of hydrogen-bond donors (Lipinski definition) is 0. The topological polar surface area (TPSA) is 56.0 Å². The number of aromatic nitrogens is 1. The normalized spacial score (nSPS) is 10.5. The van der Waals surface area contributed by atoms with Crippen LogP contribution >= 0.6 is 0 Å². The highest BCUT2D eigenvalue weighted by molar-refractivity contribution is 5.95. The second-order valence-electron chi connectivity index (χ2n) is 4.17. The molecule has 4 heteroatoms. The molecular formula is C15H10N2O2. The van der Waals surface area contributed by atoms with E-state index in [4.69, 9.17) is 0 Å². The number of fused-ring (bicyclic) bond motifs is 1. The molecule has 0 N–H and O–H groups in total. The molecule has 0 saturated carbocycles. The van der Waals surface area contributed by atoms with Crippen molar-refractivity contribution in [1.29, 1.82) is 0 Å². The lowest BCUT2D eigenvalue weighted by molar-refractivity contribution is -0.389. The van der Waals surface area contributed by atoms with E-state index in [1.54, 1.807) is 0 Å². The van der Waals surface area contributed by atoms with Crippen LogP contribution in [0, 0.1) is 10.1 Å². The molecule has 0 aliphatic heterocycles. The monoisotopic (exact) mass is 250 g/mol. The van der Waals surface area contributed by atoms with E-state index >= 15 is 0 Å². The fourth-order valence-corrected chi connectivity index (χ4v) is 2.09. The zero-order chi connectivity index (χ0) is 13.2. The second kappa shape index (κ2) is 4.49. The maximum Gasteiger partial charge on any atom is 0.364 e. The number of benzene rings is 2. The Kier molecular flexibility index (Phi) is 2.68. The smallest absolute Gasteiger partial charge is 0.358 e. The van der Waals surface area contributed by atoms with Gasteiger partial charge in [0.2, 0.25) is 0 Å². The molecule has 0 spiro atoms. The van der Waals surface area contributed by atoms with Gasteiger partial charge in [-0.15, -0.1) is 0 Å². The van der Waals surface area contributed by atoms with Crippen molar-refractivity contribution in [2.24, 2.45) is 0 Å². The van der Waals surface area contributed by atoms with Crippen molar-refractivity contribution in [2.45, 2.75) is 0 Å². The van der Waals surface area contributed by atoms with Crippen LogP contribution in [0.4, 0.5) is 5.82 Å². The molecule has 92 valence electrons. The number of nitro groups is 1. The fourth-order valence-electron chi connectivity index (χ4n) is 2.09. The largest absolute Gasteiger partial charge is 0.364 e. The van der Waals surface area contributed by atoms with Crippen molar-refractivity contribution < 1.29 is 4.92 Å². The van der Waals surface area contributed by atoms with E-state index in [0.717, 1.165) is 16.3 Å². The first kappa shape index (κ1) is 11.3. The van der Waals surface area contributed by atoms with Crippen LogP contribution in [-0.2, 0) is 0 Å². The van der Waals surface area contributed by atoms with E-state index in [2.05, 4.69) is 4.98 Å². The van der Waals surface area contributed by atoms with Gasteiger partial charge in [-0.05, 0) is 21.4 Å². The molecule has 0 fully saturated rings. The molecule has 2 aromatic carbocycles. The minimum absolute atomic E-state index is 0.127. The first-order chi connectivity index (χ1) is 9.25. The van der Waals surface area contributed by atoms with Gasteiger partial charge in [-0.3, -0.25) is 0 Å². The number of rotatable bonds is 2. The summed E-state index contributed by atoms with van der Waals surface area (Å²) >= 11 is 0. The molecule has 0 atom stereocenters. The van der Waals surface area contributed by atoms with E-state index in [1.165, 1.54) is 6.07 Å². The summed E-state index contributed by atoms with van der Waals surface area (Å²) in [7, 11) is 0. The first-order valence-corrected chi connectivity index (χ1v) is 5.85. The summed E-state index contributed by atoms with van der Waals surface area (Å²) in [5.41, 5.74) is 1.52. The molecule has 1 aromatic heterocycles. The van der Waals surface area contributed by atoms with Crippen molar-refractivity contribution in [3.05, 3.63) is 70.8 Å². The van der Waals surface area contributed by atoms with Crippen LogP contribution in [0.5, 0.6) is 0 Å². The Hall–Kier alpha value is -2.75. The van der Waals surface area contributed by atoms with E-state index in [1.807, 2.05) is 54.6 Å². The molecule has 4 nitrogen and oxygen atoms in total. The molecule has 0 saturated heterocycles. The molecule has 0 radical (unpaired) electrons. The Bertz CT molecular complexity index is 754. The van der Waals surface area contributed by atoms with Gasteiger partial charge in [-0.25, -0.2) is 0 Å². The molecule has 0 amide bonds. The van der Waals surface area contributed by atoms with Gasteiger partial charge in [0.05, 0.1) is 0 Å². The molecule has 3 rings (SSSR count). The van der Waals surface area contributed by atoms with Gasteiger partial charge in [0.15, 0.2) is 5.69 Å². The lowest BCUT2D eigenvalue weighted by Gasteiger charge is -2.03. The van der Waals surface area contributed by atoms with Crippen molar-refractivity contribution in [3.8, 4) is 11.3 Å². The highest BCUT2D eigenvalue weighted by Crippen LogP contribution is 2.29. The van der Waals surface area contributed by atoms with Gasteiger partial charge in [0, 0.05) is 17.0 Å². The summed E-state index contributed by atoms with van der Waals surface area (Å²) in [5.74, 6) is -0.127. The van der Waals surface area contributed by atoms with Crippen molar-refractivity contribution in [3.63, 3.8) is 0 Å². The maximum atomic E-state index is 11.0. The summed E-state index contributed by atoms with van der Waals surface area (Å²) in [6, 6.07) is 18.5. The highest BCUT2D eigenvalue weighted by atomic mass is 16.6. The summed E-state index contributed by atoms with van der Waals surface area (Å²) in [6.45, 7) is 0. The van der Waals surface area contributed by atoms with E-state index in [0.29, 0.717) is 5.69 Å². The standard InChI is InChI=1S/C15H10N2O2/c18-17(19)14-10-12-8-4-5-9-13(12)15(16-14)11-6-2-1-3-7-11/h1-10H. The summed E-state index contributed by atoms with van der Waals surface area (Å²) in [4.78, 5) is 14.7. The van der Waals surface area contributed by atoms with Gasteiger partial charge < -0.3 is 10.1 Å². The van der Waals surface area contributed by atoms with Crippen LogP contribution in [0.25, 0.3) is 22.0 Å². The van der Waals surface area contributed by atoms with E-state index in [-0.39, 0.29) is 5.82 Å². The minimum Gasteiger partial charge on any atom is -0.358 e. The Morgan fingerprint density at radius 1 is 0.947 bits per heavy atom. The van der Waals surface area contributed by atoms with Gasteiger partial charge in [-0.1, -0.05) is 48.5 Å². The first-order valence-electron chi connectivity index (χ1n) is 5.85. The van der Waals surface area contributed by atoms with Crippen LogP contribution in [0.3, 0.4) is 0 Å². The quantitative estimate of drug-likeness (QED) is 0.513. The van der Waals surface area contributed by atoms with Crippen molar-refractivity contribution in [1.82, 2.24) is 4.98 Å². The third kappa shape index (κ3) is 2.04. The van der Waals surface area contributed by atoms with Crippen molar-refractivity contribution >= 4 is 16.6 Å². The van der Waals surface area contributed by atoms with Crippen LogP contribution in [0.2, 0.25) is 0 Å². The molecule has 0 unspecified atom stereocenters. The number of nitrogens with zero attached hydrogens (tertiary/aromatic N) is 2. The average molecular weight is 250 g/mol. The molecule has 0 bridgehead atoms. The SMILES string of the molecule is O=[N+]([O-])c1cc2ccccc2c(-c2ccccc2)n1. The van der Waals surface area contributed by atoms with Crippen LogP contribution in [-0.4, -0.2) is 9.91 Å². The summed E-state index contributed by atoms with van der Waals surface area (Å²) in [6.07, 6.45) is 0. The van der Waals surface area contributed by atoms with E-state index in [9.17, 15) is 10.1 Å². The predicted octanol–water partition coefficient (Wildman–Crippen LogP) is 3.81. The fraction of sp³-hybridized carbons (Fsp3) is 0. The van der Waals surface area contributed by atoms with Gasteiger partial charge in [0.25, 0.3) is 0 Å². The lowest BCUT2D eigenvalue weighted by atomic mass is 10.0. The molecule has 3 aromatic rings. The summed E-state index contributed by atoms with van der Waals surface area (Å²) in [5, 5.41) is 12.7. The molecule has 0 aliphatic rings. The molecule has 1 heterocycles. The highest BCUT2D eigenvalue weighted by Gasteiger charge is 2.16. The maximum absolute atomic E-state index is 11.0. The molecular weight excluding hydrogens is 240 g/mol. The zero-order valence-corrected chi connectivity index (χ0v) is 9.98. The lowest BCUT2D eigenvalue weighted by Crippen LogP contribution is -1.95. The van der Waals surface area contributed by atoms with Crippen molar-refractivity contribution in [2.75, 3.05) is 0 Å². The Balaban J connectivity index is 2.36. The Labute approximate surface area is 109 Å². The summed E-state index contributed by atoms with van der Waals surface area (Å²) < 4.78 is 0. The number of pyridine rings is 1. The van der Waals surface area contributed by atoms with Crippen LogP contribution < -0.4 is 0 Å². The third-order valence-electron chi connectivity index (χ3n) is 2.96. The third-order valence-corrected chi connectivity index (χ3v) is 2.96. The average Bonchev–Trinajstić information content (AvgIpc) is 2.47. The second-order valence-corrected chi connectivity index (χ2v) is 4.17. The molecule has 0 aliphatic carbocycles. The molecule has 19 heavy (non-hydrogen) atoms. The Morgan fingerprint density at radius 3 is 2.37 bits per heavy atom. The van der Waals surface area contributed by atoms with Gasteiger partial charge >= 0.3 is 5.82 Å². The Morgan fingerprint density at radius 2 is 1.63 bits per heavy atom. The van der Waals surface area contributed by atoms with Gasteiger partial charge in [0.1, 0.15) is 0 Å². The minimum atomic E-state index is -0.459. The predicted molar refractivity (Wildman–Crippen MR) is 73.8 cm³/mol. The van der Waals surface area contributed by atoms with Gasteiger partial charge in [-0.2, -0.15) is 0 Å². The number of hydrogen-bond acceptors (Lipinski definition) is 3. The van der Waals surface area contributed by atoms with Crippen LogP contribution in [0.15, 0.2) is 60.7 Å². The van der Waals surface area contributed by atoms with Crippen LogP contribution in [0.1, 0.15) is 0 Å². The van der Waals surface area contributed by atoms with E-state index < -0.39 is 4.92 Å².